The number of rotatable bonds is 5. The van der Waals surface area contributed by atoms with Crippen molar-refractivity contribution in [3.05, 3.63) is 142 Å². The molecule has 150 valence electrons. The minimum Gasteiger partial charge on any atom is -0.0590 e. The molecule has 4 aromatic carbocycles. The van der Waals surface area contributed by atoms with Crippen LogP contribution in [0, 0.1) is 27.7 Å². The van der Waals surface area contributed by atoms with Gasteiger partial charge in [-0.2, -0.15) is 0 Å². The fraction of sp³-hybridized carbons (Fsp3) is 0.200. The summed E-state index contributed by atoms with van der Waals surface area (Å²) in [6, 6.07) is 36.3. The van der Waals surface area contributed by atoms with Gasteiger partial charge in [0.05, 0.1) is 0 Å². The Morgan fingerprint density at radius 3 is 0.633 bits per heavy atom. The summed E-state index contributed by atoms with van der Waals surface area (Å²) in [6.07, 6.45) is 0. The molecule has 0 spiro atoms. The maximum atomic E-state index is 2.30. The zero-order chi connectivity index (χ0) is 21.1. The summed E-state index contributed by atoms with van der Waals surface area (Å²) in [7, 11) is 0. The van der Waals surface area contributed by atoms with E-state index in [1.807, 2.05) is 0 Å². The molecule has 0 nitrogen and oxygen atoms in total. The van der Waals surface area contributed by atoms with Crippen LogP contribution in [-0.2, 0) is 0 Å². The molecule has 4 rings (SSSR count). The smallest absolute Gasteiger partial charge is 0.0199 e. The fourth-order valence-corrected chi connectivity index (χ4v) is 4.25. The minimum absolute atomic E-state index is 0.247. The Bertz CT molecular complexity index is 899. The van der Waals surface area contributed by atoms with E-state index in [0.29, 0.717) is 0 Å². The fourth-order valence-electron chi connectivity index (χ4n) is 4.25. The van der Waals surface area contributed by atoms with Crippen LogP contribution in [0.5, 0.6) is 0 Å². The van der Waals surface area contributed by atoms with Gasteiger partial charge in [-0.05, 0) is 49.9 Å². The SMILES string of the molecule is Cc1ccc(C(c2ccc(C)cc2)C(c2ccc(C)cc2)c2ccc(C)cc2)cc1. The maximum Gasteiger partial charge on any atom is 0.0199 e. The Labute approximate surface area is 181 Å². The summed E-state index contributed by atoms with van der Waals surface area (Å²) >= 11 is 0. The maximum absolute atomic E-state index is 2.30. The lowest BCUT2D eigenvalue weighted by Crippen LogP contribution is -2.15. The van der Waals surface area contributed by atoms with E-state index >= 15 is 0 Å². The van der Waals surface area contributed by atoms with Crippen LogP contribution >= 0.6 is 0 Å². The molecule has 0 saturated heterocycles. The Morgan fingerprint density at radius 2 is 0.467 bits per heavy atom. The van der Waals surface area contributed by atoms with Crippen LogP contribution < -0.4 is 0 Å². The van der Waals surface area contributed by atoms with Gasteiger partial charge in [-0.25, -0.2) is 0 Å². The molecule has 0 aliphatic heterocycles. The van der Waals surface area contributed by atoms with E-state index in [-0.39, 0.29) is 11.8 Å². The van der Waals surface area contributed by atoms with Crippen LogP contribution in [0.3, 0.4) is 0 Å². The summed E-state index contributed by atoms with van der Waals surface area (Å²) in [4.78, 5) is 0. The molecule has 0 aliphatic rings. The van der Waals surface area contributed by atoms with Crippen molar-refractivity contribution in [2.24, 2.45) is 0 Å². The lowest BCUT2D eigenvalue weighted by atomic mass is 9.73. The van der Waals surface area contributed by atoms with Crippen molar-refractivity contribution in [3.8, 4) is 0 Å². The summed E-state index contributed by atoms with van der Waals surface area (Å²) in [6.45, 7) is 8.62. The number of benzene rings is 4. The topological polar surface area (TPSA) is 0 Å². The second-order valence-electron chi connectivity index (χ2n) is 8.60. The minimum atomic E-state index is 0.247. The van der Waals surface area contributed by atoms with Gasteiger partial charge in [-0.3, -0.25) is 0 Å². The van der Waals surface area contributed by atoms with Gasteiger partial charge in [0.25, 0.3) is 0 Å². The first-order chi connectivity index (χ1) is 14.5. The summed E-state index contributed by atoms with van der Waals surface area (Å²) < 4.78 is 0. The average Bonchev–Trinajstić information content (AvgIpc) is 2.75. The van der Waals surface area contributed by atoms with Crippen LogP contribution in [-0.4, -0.2) is 0 Å². The molecule has 0 aliphatic carbocycles. The normalized spacial score (nSPS) is 11.3. The summed E-state index contributed by atoms with van der Waals surface area (Å²) in [5, 5.41) is 0. The highest BCUT2D eigenvalue weighted by Gasteiger charge is 2.28. The van der Waals surface area contributed by atoms with Gasteiger partial charge >= 0.3 is 0 Å². The predicted molar refractivity (Wildman–Crippen MR) is 128 cm³/mol. The van der Waals surface area contributed by atoms with E-state index < -0.39 is 0 Å². The largest absolute Gasteiger partial charge is 0.0590 e. The number of hydrogen-bond acceptors (Lipinski definition) is 0. The first kappa shape index (κ1) is 20.2. The van der Waals surface area contributed by atoms with Crippen molar-refractivity contribution in [3.63, 3.8) is 0 Å². The standard InChI is InChI=1S/C30H30/c1-21-5-13-25(14-6-21)29(26-15-7-22(2)8-16-26)30(27-17-9-23(3)10-18-27)28-19-11-24(4)12-20-28/h5-20,29-30H,1-4H3. The van der Waals surface area contributed by atoms with Crippen LogP contribution in [0.4, 0.5) is 0 Å². The van der Waals surface area contributed by atoms with Gasteiger partial charge in [0.2, 0.25) is 0 Å². The highest BCUT2D eigenvalue weighted by atomic mass is 14.3. The molecule has 0 unspecified atom stereocenters. The van der Waals surface area contributed by atoms with Crippen LogP contribution in [0.1, 0.15) is 56.3 Å². The van der Waals surface area contributed by atoms with Gasteiger partial charge in [0.15, 0.2) is 0 Å². The second-order valence-corrected chi connectivity index (χ2v) is 8.60. The summed E-state index contributed by atoms with van der Waals surface area (Å²) in [5.41, 5.74) is 10.6. The third-order valence-electron chi connectivity index (χ3n) is 6.08. The molecule has 0 aromatic heterocycles. The van der Waals surface area contributed by atoms with E-state index in [1.165, 1.54) is 44.5 Å². The molecule has 30 heavy (non-hydrogen) atoms. The molecule has 0 atom stereocenters. The van der Waals surface area contributed by atoms with Crippen LogP contribution in [0.15, 0.2) is 97.1 Å². The van der Waals surface area contributed by atoms with Crippen molar-refractivity contribution < 1.29 is 0 Å². The van der Waals surface area contributed by atoms with Gasteiger partial charge in [0, 0.05) is 11.8 Å². The quantitative estimate of drug-likeness (QED) is 0.325. The van der Waals surface area contributed by atoms with E-state index in [9.17, 15) is 0 Å². The van der Waals surface area contributed by atoms with E-state index in [4.69, 9.17) is 0 Å². The Morgan fingerprint density at radius 1 is 0.300 bits per heavy atom. The molecule has 0 bridgehead atoms. The molecule has 0 heterocycles. The predicted octanol–water partition coefficient (Wildman–Crippen LogP) is 7.88. The third kappa shape index (κ3) is 4.39. The Kier molecular flexibility index (Phi) is 5.86. The molecule has 0 amide bonds. The van der Waals surface area contributed by atoms with Gasteiger partial charge < -0.3 is 0 Å². The zero-order valence-electron chi connectivity index (χ0n) is 18.4. The molecular weight excluding hydrogens is 360 g/mol. The lowest BCUT2D eigenvalue weighted by molar-refractivity contribution is 0.693. The number of aryl methyl sites for hydroxylation is 4. The third-order valence-corrected chi connectivity index (χ3v) is 6.08. The monoisotopic (exact) mass is 390 g/mol. The van der Waals surface area contributed by atoms with Gasteiger partial charge in [-0.1, -0.05) is 119 Å². The van der Waals surface area contributed by atoms with Gasteiger partial charge in [0.1, 0.15) is 0 Å². The highest BCUT2D eigenvalue weighted by molar-refractivity contribution is 5.46. The highest BCUT2D eigenvalue weighted by Crippen LogP contribution is 2.43. The van der Waals surface area contributed by atoms with E-state index in [1.54, 1.807) is 0 Å². The van der Waals surface area contributed by atoms with E-state index in [0.717, 1.165) is 0 Å². The van der Waals surface area contributed by atoms with E-state index in [2.05, 4.69) is 125 Å². The first-order valence-electron chi connectivity index (χ1n) is 10.8. The van der Waals surface area contributed by atoms with Crippen LogP contribution in [0.25, 0.3) is 0 Å². The number of hydrogen-bond donors (Lipinski definition) is 0. The Balaban J connectivity index is 1.93. The lowest BCUT2D eigenvalue weighted by Gasteiger charge is -2.30. The van der Waals surface area contributed by atoms with Crippen molar-refractivity contribution >= 4 is 0 Å². The van der Waals surface area contributed by atoms with Crippen molar-refractivity contribution in [1.29, 1.82) is 0 Å². The molecule has 0 heteroatoms. The molecule has 0 N–H and O–H groups in total. The summed E-state index contributed by atoms with van der Waals surface area (Å²) in [5.74, 6) is 0.494. The molecule has 0 saturated carbocycles. The van der Waals surface area contributed by atoms with Crippen molar-refractivity contribution in [1.82, 2.24) is 0 Å². The van der Waals surface area contributed by atoms with Crippen molar-refractivity contribution in [2.75, 3.05) is 0 Å². The van der Waals surface area contributed by atoms with Crippen molar-refractivity contribution in [2.45, 2.75) is 39.5 Å². The zero-order valence-corrected chi connectivity index (χ0v) is 18.4. The van der Waals surface area contributed by atoms with Gasteiger partial charge in [-0.15, -0.1) is 0 Å². The first-order valence-corrected chi connectivity index (χ1v) is 10.8. The molecular formula is C30H30. The molecule has 0 fully saturated rings. The van der Waals surface area contributed by atoms with Crippen LogP contribution in [0.2, 0.25) is 0 Å². The molecule has 0 radical (unpaired) electrons. The molecule has 4 aromatic rings. The Hall–Kier alpha value is -3.12. The second kappa shape index (κ2) is 8.71. The average molecular weight is 391 g/mol.